The topological polar surface area (TPSA) is 17.1 Å². The lowest BCUT2D eigenvalue weighted by molar-refractivity contribution is 0.691. The Labute approximate surface area is 77.3 Å². The number of benzene rings is 1. The van der Waals surface area contributed by atoms with E-state index in [1.54, 1.807) is 12.1 Å². The van der Waals surface area contributed by atoms with Crippen LogP contribution in [0.3, 0.4) is 0 Å². The van der Waals surface area contributed by atoms with Crippen LogP contribution in [0.1, 0.15) is 5.56 Å². The lowest BCUT2D eigenvalue weighted by Crippen LogP contribution is -1.85. The van der Waals surface area contributed by atoms with Gasteiger partial charge in [0.25, 0.3) is 0 Å². The molecule has 0 N–H and O–H groups in total. The zero-order valence-electron chi connectivity index (χ0n) is 5.59. The Morgan fingerprint density at radius 3 is 2.27 bits per heavy atom. The van der Waals surface area contributed by atoms with Gasteiger partial charge in [-0.3, -0.25) is 0 Å². The van der Waals surface area contributed by atoms with E-state index >= 15 is 0 Å². The third kappa shape index (κ3) is 3.23. The maximum absolute atomic E-state index is 10.5. The van der Waals surface area contributed by atoms with E-state index in [0.717, 1.165) is 5.56 Å². The molecule has 1 aromatic carbocycles. The van der Waals surface area contributed by atoms with E-state index in [2.05, 4.69) is 0 Å². The van der Waals surface area contributed by atoms with E-state index in [1.807, 2.05) is 12.1 Å². The fraction of sp³-hybridized carbons (Fsp3) is 0.143. The Morgan fingerprint density at radius 2 is 1.82 bits per heavy atom. The predicted molar refractivity (Wildman–Crippen MR) is 49.2 cm³/mol. The minimum Gasteiger partial charge on any atom is -0.242 e. The van der Waals surface area contributed by atoms with Gasteiger partial charge in [0, 0.05) is 5.02 Å². The monoisotopic (exact) mass is 208 g/mol. The molecule has 0 fully saturated rings. The SMILES string of the molecule is O=S(Cl)Cc1ccc(Cl)cc1. The molecule has 1 unspecified atom stereocenters. The average molecular weight is 209 g/mol. The van der Waals surface area contributed by atoms with Gasteiger partial charge in [0.2, 0.25) is 0 Å². The quantitative estimate of drug-likeness (QED) is 0.684. The van der Waals surface area contributed by atoms with Gasteiger partial charge < -0.3 is 0 Å². The first-order valence-corrected chi connectivity index (χ1v) is 5.50. The van der Waals surface area contributed by atoms with Crippen molar-refractivity contribution in [2.75, 3.05) is 0 Å². The molecule has 1 rings (SSSR count). The van der Waals surface area contributed by atoms with Crippen LogP contribution in [-0.2, 0) is 15.8 Å². The Hall–Kier alpha value is -0.0500. The van der Waals surface area contributed by atoms with Crippen molar-refractivity contribution < 1.29 is 4.21 Å². The van der Waals surface area contributed by atoms with Crippen molar-refractivity contribution in [1.29, 1.82) is 0 Å². The molecule has 0 radical (unpaired) electrons. The van der Waals surface area contributed by atoms with Crippen LogP contribution in [0.15, 0.2) is 24.3 Å². The molecule has 0 spiro atoms. The van der Waals surface area contributed by atoms with Gasteiger partial charge in [-0.05, 0) is 28.4 Å². The molecule has 0 aliphatic rings. The first-order valence-electron chi connectivity index (χ1n) is 2.97. The highest BCUT2D eigenvalue weighted by Gasteiger charge is 1.96. The van der Waals surface area contributed by atoms with E-state index in [0.29, 0.717) is 10.8 Å². The summed E-state index contributed by atoms with van der Waals surface area (Å²) in [7, 11) is 4.00. The van der Waals surface area contributed by atoms with Crippen molar-refractivity contribution in [1.82, 2.24) is 0 Å². The van der Waals surface area contributed by atoms with Gasteiger partial charge in [0.05, 0.1) is 5.75 Å². The summed E-state index contributed by atoms with van der Waals surface area (Å²) >= 11 is 5.64. The van der Waals surface area contributed by atoms with E-state index in [9.17, 15) is 4.21 Å². The van der Waals surface area contributed by atoms with Crippen molar-refractivity contribution in [2.45, 2.75) is 5.75 Å². The van der Waals surface area contributed by atoms with Crippen LogP contribution in [0.2, 0.25) is 5.02 Å². The Balaban J connectivity index is 2.74. The summed E-state index contributed by atoms with van der Waals surface area (Å²) in [6, 6.07) is 7.12. The van der Waals surface area contributed by atoms with Crippen LogP contribution in [-0.4, -0.2) is 4.21 Å². The molecule has 0 aliphatic heterocycles. The molecule has 0 aromatic heterocycles. The maximum Gasteiger partial charge on any atom is 0.119 e. The number of rotatable bonds is 2. The van der Waals surface area contributed by atoms with Gasteiger partial charge in [0.15, 0.2) is 0 Å². The molecule has 0 saturated carbocycles. The second-order valence-corrected chi connectivity index (χ2v) is 4.40. The molecule has 1 atom stereocenters. The second-order valence-electron chi connectivity index (χ2n) is 2.06. The molecule has 4 heteroatoms. The van der Waals surface area contributed by atoms with E-state index in [4.69, 9.17) is 22.3 Å². The summed E-state index contributed by atoms with van der Waals surface area (Å²) in [5, 5.41) is 0.675. The fourth-order valence-corrected chi connectivity index (χ4v) is 1.67. The molecular weight excluding hydrogens is 203 g/mol. The molecular formula is C7H6Cl2OS. The van der Waals surface area contributed by atoms with Crippen LogP contribution < -0.4 is 0 Å². The minimum atomic E-state index is -1.29. The van der Waals surface area contributed by atoms with Crippen molar-refractivity contribution in [3.63, 3.8) is 0 Å². The normalized spacial score (nSPS) is 12.9. The lowest BCUT2D eigenvalue weighted by Gasteiger charge is -1.95. The van der Waals surface area contributed by atoms with Crippen molar-refractivity contribution in [3.8, 4) is 0 Å². The second kappa shape index (κ2) is 4.10. The third-order valence-corrected chi connectivity index (χ3v) is 2.33. The summed E-state index contributed by atoms with van der Waals surface area (Å²) < 4.78 is 10.5. The smallest absolute Gasteiger partial charge is 0.119 e. The molecule has 1 aromatic rings. The summed E-state index contributed by atoms with van der Waals surface area (Å²) in [4.78, 5) is 0. The van der Waals surface area contributed by atoms with Crippen LogP contribution in [0.4, 0.5) is 0 Å². The number of halogens is 2. The van der Waals surface area contributed by atoms with Gasteiger partial charge in [-0.15, -0.1) is 0 Å². The van der Waals surface area contributed by atoms with E-state index < -0.39 is 10.0 Å². The zero-order valence-corrected chi connectivity index (χ0v) is 7.92. The molecule has 0 bridgehead atoms. The van der Waals surface area contributed by atoms with Crippen LogP contribution in [0.25, 0.3) is 0 Å². The van der Waals surface area contributed by atoms with Crippen LogP contribution >= 0.6 is 22.3 Å². The lowest BCUT2D eigenvalue weighted by atomic mass is 10.2. The van der Waals surface area contributed by atoms with Crippen LogP contribution in [0.5, 0.6) is 0 Å². The van der Waals surface area contributed by atoms with Crippen molar-refractivity contribution in [2.24, 2.45) is 0 Å². The first-order chi connectivity index (χ1) is 5.18. The van der Waals surface area contributed by atoms with Gasteiger partial charge in [0.1, 0.15) is 10.0 Å². The number of hydrogen-bond acceptors (Lipinski definition) is 1. The molecule has 0 aliphatic carbocycles. The Morgan fingerprint density at radius 1 is 1.27 bits per heavy atom. The third-order valence-electron chi connectivity index (χ3n) is 1.19. The molecule has 1 nitrogen and oxygen atoms in total. The van der Waals surface area contributed by atoms with Crippen LogP contribution in [0, 0.1) is 0 Å². The average Bonchev–Trinajstić information content (AvgIpc) is 1.93. The summed E-state index contributed by atoms with van der Waals surface area (Å²) in [6.07, 6.45) is 0. The molecule has 0 heterocycles. The standard InChI is InChI=1S/C7H6Cl2OS/c8-7-3-1-6(2-4-7)5-11(9)10/h1-4H,5H2. The van der Waals surface area contributed by atoms with Crippen molar-refractivity contribution in [3.05, 3.63) is 34.9 Å². The maximum atomic E-state index is 10.5. The van der Waals surface area contributed by atoms with Crippen molar-refractivity contribution >= 4 is 32.3 Å². The highest BCUT2D eigenvalue weighted by molar-refractivity contribution is 8.07. The Kier molecular flexibility index (Phi) is 3.37. The number of hydrogen-bond donors (Lipinski definition) is 0. The van der Waals surface area contributed by atoms with E-state index in [-0.39, 0.29) is 0 Å². The van der Waals surface area contributed by atoms with Gasteiger partial charge in [-0.25, -0.2) is 4.21 Å². The summed E-state index contributed by atoms with van der Waals surface area (Å²) in [5.74, 6) is 0.374. The Bertz CT molecular complexity index is 258. The molecule has 11 heavy (non-hydrogen) atoms. The summed E-state index contributed by atoms with van der Waals surface area (Å²) in [5.41, 5.74) is 0.933. The summed E-state index contributed by atoms with van der Waals surface area (Å²) in [6.45, 7) is 0. The molecule has 0 amide bonds. The van der Waals surface area contributed by atoms with Gasteiger partial charge >= 0.3 is 0 Å². The first kappa shape index (κ1) is 9.04. The highest BCUT2D eigenvalue weighted by atomic mass is 35.7. The minimum absolute atomic E-state index is 0.374. The molecule has 60 valence electrons. The molecule has 0 saturated heterocycles. The fourth-order valence-electron chi connectivity index (χ4n) is 0.712. The highest BCUT2D eigenvalue weighted by Crippen LogP contribution is 2.11. The predicted octanol–water partition coefficient (Wildman–Crippen LogP) is 2.74. The van der Waals surface area contributed by atoms with Gasteiger partial charge in [-0.1, -0.05) is 23.7 Å². The zero-order chi connectivity index (χ0) is 8.27. The largest absolute Gasteiger partial charge is 0.242 e. The van der Waals surface area contributed by atoms with E-state index in [1.165, 1.54) is 0 Å². The van der Waals surface area contributed by atoms with Gasteiger partial charge in [-0.2, -0.15) is 0 Å².